The summed E-state index contributed by atoms with van der Waals surface area (Å²) in [5.41, 5.74) is 3.51. The van der Waals surface area contributed by atoms with E-state index >= 15 is 0 Å². The molecule has 1 saturated heterocycles. The van der Waals surface area contributed by atoms with E-state index in [2.05, 4.69) is 65.0 Å². The summed E-state index contributed by atoms with van der Waals surface area (Å²) in [5.74, 6) is -1.50. The second-order valence-corrected chi connectivity index (χ2v) is 10.9. The minimum Gasteiger partial charge on any atom is -0.360 e. The first-order chi connectivity index (χ1) is 19.8. The van der Waals surface area contributed by atoms with Crippen molar-refractivity contribution < 1.29 is 14.4 Å². The molecule has 0 saturated carbocycles. The SMILES string of the molecule is C=CCN(C)C(=O)C(=O)c1c[nH]c2cc(Cl)c(C(=O)N3CCN(C(c4ccccc4)c4ccccc4)C[C@H]3C)cc12. The van der Waals surface area contributed by atoms with Crippen molar-refractivity contribution in [1.82, 2.24) is 19.7 Å². The van der Waals surface area contributed by atoms with E-state index in [0.29, 0.717) is 41.1 Å². The number of halogens is 1. The summed E-state index contributed by atoms with van der Waals surface area (Å²) in [4.78, 5) is 48.1. The number of ketones is 1. The monoisotopic (exact) mass is 568 g/mol. The highest BCUT2D eigenvalue weighted by atomic mass is 35.5. The Morgan fingerprint density at radius 1 is 1.02 bits per heavy atom. The number of hydrogen-bond donors (Lipinski definition) is 1. The Labute approximate surface area is 245 Å². The van der Waals surface area contributed by atoms with Crippen molar-refractivity contribution in [1.29, 1.82) is 0 Å². The number of rotatable bonds is 8. The molecule has 7 nitrogen and oxygen atoms in total. The van der Waals surface area contributed by atoms with E-state index in [-0.39, 0.29) is 30.1 Å². The minimum atomic E-state index is -0.656. The standard InChI is InChI=1S/C33H33ClN4O3/c1-4-15-36(3)33(41)31(39)27-20-35-29-19-28(34)26(18-25(27)29)32(40)38-17-16-37(21-22(38)2)30(23-11-7-5-8-12-23)24-13-9-6-10-14-24/h4-14,18-20,22,30,35H,1,15-17,21H2,2-3H3/t22-/m1/s1. The number of aromatic amines is 1. The van der Waals surface area contributed by atoms with Crippen molar-refractivity contribution in [2.45, 2.75) is 19.0 Å². The van der Waals surface area contributed by atoms with Crippen LogP contribution < -0.4 is 0 Å². The molecule has 4 aromatic rings. The van der Waals surface area contributed by atoms with Crippen LogP contribution in [0.3, 0.4) is 0 Å². The number of carbonyl (C=O) groups is 3. The number of amides is 2. The zero-order valence-corrected chi connectivity index (χ0v) is 24.0. The zero-order chi connectivity index (χ0) is 29.1. The van der Waals surface area contributed by atoms with Crippen LogP contribution in [0.5, 0.6) is 0 Å². The number of benzene rings is 3. The molecule has 0 spiro atoms. The quantitative estimate of drug-likeness (QED) is 0.171. The van der Waals surface area contributed by atoms with Crippen LogP contribution in [-0.4, -0.2) is 76.5 Å². The Hall–Kier alpha value is -4.20. The highest BCUT2D eigenvalue weighted by Gasteiger charge is 2.34. The number of nitrogens with zero attached hydrogens (tertiary/aromatic N) is 3. The van der Waals surface area contributed by atoms with Gasteiger partial charge in [0.05, 0.1) is 22.2 Å². The first-order valence-electron chi connectivity index (χ1n) is 13.7. The first kappa shape index (κ1) is 28.3. The molecule has 1 aliphatic heterocycles. The highest BCUT2D eigenvalue weighted by molar-refractivity contribution is 6.45. The molecule has 0 unspecified atom stereocenters. The average molecular weight is 569 g/mol. The lowest BCUT2D eigenvalue weighted by atomic mass is 9.95. The Bertz CT molecular complexity index is 1540. The number of H-pyrrole nitrogens is 1. The maximum Gasteiger partial charge on any atom is 0.295 e. The van der Waals surface area contributed by atoms with E-state index in [1.807, 2.05) is 24.0 Å². The molecule has 0 aliphatic carbocycles. The number of fused-ring (bicyclic) bond motifs is 1. The van der Waals surface area contributed by atoms with Gasteiger partial charge in [-0.1, -0.05) is 78.3 Å². The Kier molecular flexibility index (Phi) is 8.38. The van der Waals surface area contributed by atoms with Crippen molar-refractivity contribution in [3.63, 3.8) is 0 Å². The van der Waals surface area contributed by atoms with Crippen molar-refractivity contribution in [2.75, 3.05) is 33.2 Å². The van der Waals surface area contributed by atoms with E-state index in [9.17, 15) is 14.4 Å². The van der Waals surface area contributed by atoms with Crippen LogP contribution in [0.4, 0.5) is 0 Å². The molecule has 1 aromatic heterocycles. The number of nitrogens with one attached hydrogen (secondary N) is 1. The van der Waals surface area contributed by atoms with Gasteiger partial charge in [-0.3, -0.25) is 19.3 Å². The normalized spacial score (nSPS) is 15.7. The molecule has 8 heteroatoms. The van der Waals surface area contributed by atoms with E-state index < -0.39 is 11.7 Å². The third kappa shape index (κ3) is 5.69. The molecule has 1 atom stereocenters. The lowest BCUT2D eigenvalue weighted by Crippen LogP contribution is -2.54. The van der Waals surface area contributed by atoms with Crippen LogP contribution >= 0.6 is 11.6 Å². The molecule has 2 amide bonds. The van der Waals surface area contributed by atoms with Crippen LogP contribution in [-0.2, 0) is 4.79 Å². The molecule has 1 aliphatic rings. The third-order valence-electron chi connectivity index (χ3n) is 7.70. The Morgan fingerprint density at radius 2 is 1.66 bits per heavy atom. The van der Waals surface area contributed by atoms with Crippen LogP contribution in [0.1, 0.15) is 44.8 Å². The van der Waals surface area contributed by atoms with E-state index in [0.717, 1.165) is 0 Å². The van der Waals surface area contributed by atoms with Gasteiger partial charge in [0.1, 0.15) is 0 Å². The van der Waals surface area contributed by atoms with Crippen molar-refractivity contribution in [3.05, 3.63) is 119 Å². The molecule has 0 bridgehead atoms. The predicted octanol–water partition coefficient (Wildman–Crippen LogP) is 5.58. The molecule has 5 rings (SSSR count). The van der Waals surface area contributed by atoms with Gasteiger partial charge in [-0.2, -0.15) is 0 Å². The number of carbonyl (C=O) groups excluding carboxylic acids is 3. The van der Waals surface area contributed by atoms with Gasteiger partial charge in [-0.25, -0.2) is 0 Å². The van der Waals surface area contributed by atoms with Crippen molar-refractivity contribution >= 4 is 40.1 Å². The Balaban J connectivity index is 1.40. The molecule has 1 N–H and O–H groups in total. The summed E-state index contributed by atoms with van der Waals surface area (Å²) in [5, 5.41) is 0.780. The van der Waals surface area contributed by atoms with Crippen molar-refractivity contribution in [3.8, 4) is 0 Å². The molecule has 3 aromatic carbocycles. The molecule has 2 heterocycles. The minimum absolute atomic E-state index is 0.0715. The molecular formula is C33H33ClN4O3. The van der Waals surface area contributed by atoms with Crippen LogP contribution in [0.2, 0.25) is 5.02 Å². The van der Waals surface area contributed by atoms with Crippen LogP contribution in [0, 0.1) is 0 Å². The topological polar surface area (TPSA) is 76.7 Å². The van der Waals surface area contributed by atoms with Gasteiger partial charge in [0.2, 0.25) is 0 Å². The molecule has 0 radical (unpaired) electrons. The lowest BCUT2D eigenvalue weighted by molar-refractivity contribution is -0.124. The van der Waals surface area contributed by atoms with Gasteiger partial charge >= 0.3 is 0 Å². The largest absolute Gasteiger partial charge is 0.360 e. The number of piperazine rings is 1. The van der Waals surface area contributed by atoms with Gasteiger partial charge in [-0.15, -0.1) is 6.58 Å². The Morgan fingerprint density at radius 3 is 2.24 bits per heavy atom. The van der Waals surface area contributed by atoms with Gasteiger partial charge in [0.25, 0.3) is 17.6 Å². The number of hydrogen-bond acceptors (Lipinski definition) is 4. The second-order valence-electron chi connectivity index (χ2n) is 10.4. The van der Waals surface area contributed by atoms with Gasteiger partial charge in [0, 0.05) is 56.4 Å². The maximum absolute atomic E-state index is 13.9. The van der Waals surface area contributed by atoms with Crippen LogP contribution in [0.15, 0.2) is 91.6 Å². The number of aromatic nitrogens is 1. The average Bonchev–Trinajstić information content (AvgIpc) is 3.39. The van der Waals surface area contributed by atoms with Gasteiger partial charge in [-0.05, 0) is 30.2 Å². The van der Waals surface area contributed by atoms with Crippen molar-refractivity contribution in [2.24, 2.45) is 0 Å². The predicted molar refractivity (Wildman–Crippen MR) is 162 cm³/mol. The number of likely N-dealkylation sites (N-methyl/N-ethyl adjacent to an activating group) is 1. The molecular weight excluding hydrogens is 536 g/mol. The summed E-state index contributed by atoms with van der Waals surface area (Å²) < 4.78 is 0. The third-order valence-corrected chi connectivity index (χ3v) is 8.02. The first-order valence-corrected chi connectivity index (χ1v) is 14.0. The maximum atomic E-state index is 13.9. The zero-order valence-electron chi connectivity index (χ0n) is 23.2. The van der Waals surface area contributed by atoms with Gasteiger partial charge < -0.3 is 14.8 Å². The fraction of sp³-hybridized carbons (Fsp3) is 0.242. The van der Waals surface area contributed by atoms with E-state index in [1.165, 1.54) is 22.2 Å². The number of Topliss-reactive ketones (excluding diaryl/α,β-unsaturated/α-hetero) is 1. The van der Waals surface area contributed by atoms with E-state index in [4.69, 9.17) is 11.6 Å². The van der Waals surface area contributed by atoms with Crippen LogP contribution in [0.25, 0.3) is 10.9 Å². The van der Waals surface area contributed by atoms with E-state index in [1.54, 1.807) is 25.3 Å². The van der Waals surface area contributed by atoms with Gasteiger partial charge in [0.15, 0.2) is 0 Å². The summed E-state index contributed by atoms with van der Waals surface area (Å²) >= 11 is 6.60. The highest BCUT2D eigenvalue weighted by Crippen LogP contribution is 2.32. The molecule has 210 valence electrons. The lowest BCUT2D eigenvalue weighted by Gasteiger charge is -2.43. The fourth-order valence-electron chi connectivity index (χ4n) is 5.62. The summed E-state index contributed by atoms with van der Waals surface area (Å²) in [7, 11) is 1.55. The summed E-state index contributed by atoms with van der Waals surface area (Å²) in [6, 6.07) is 24.1. The molecule has 1 fully saturated rings. The fourth-order valence-corrected chi connectivity index (χ4v) is 5.87. The molecule has 41 heavy (non-hydrogen) atoms. The second kappa shape index (κ2) is 12.1. The summed E-state index contributed by atoms with van der Waals surface area (Å²) in [6.45, 7) is 7.80. The summed E-state index contributed by atoms with van der Waals surface area (Å²) in [6.07, 6.45) is 3.05. The smallest absolute Gasteiger partial charge is 0.295 e.